The molecule has 0 aromatic carbocycles. The van der Waals surface area contributed by atoms with E-state index in [1.807, 2.05) is 4.98 Å². The fourth-order valence-electron chi connectivity index (χ4n) is 0.219. The monoisotopic (exact) mass is 99.1 g/mol. The van der Waals surface area contributed by atoms with E-state index in [4.69, 9.17) is 4.11 Å². The number of nitrogens with zero attached hydrogens (tertiary/aromatic N) is 1. The van der Waals surface area contributed by atoms with Crippen molar-refractivity contribution in [2.75, 3.05) is 0 Å². The first kappa shape index (κ1) is 1.78. The minimum Gasteiger partial charge on any atom is -0.326 e. The smallest absolute Gasteiger partial charge is 0.266 e. The van der Waals surface area contributed by atoms with Crippen molar-refractivity contribution >= 4 is 0 Å². The number of hydrogen-bond acceptors (Lipinski definition) is 2. The molecule has 0 unspecified atom stereocenters. The van der Waals surface area contributed by atoms with Crippen molar-refractivity contribution in [2.24, 2.45) is 0 Å². The quantitative estimate of drug-likeness (QED) is 0.488. The van der Waals surface area contributed by atoms with E-state index < -0.39 is 11.7 Å². The second kappa shape index (κ2) is 1.55. The van der Waals surface area contributed by atoms with Crippen LogP contribution in [0.25, 0.3) is 0 Å². The highest BCUT2D eigenvalue weighted by Gasteiger charge is 1.70. The van der Waals surface area contributed by atoms with Gasteiger partial charge in [0.25, 0.3) is 5.56 Å². The van der Waals surface area contributed by atoms with Crippen molar-refractivity contribution in [3.63, 3.8) is 0 Å². The zero-order chi connectivity index (χ0) is 7.72. The van der Waals surface area contributed by atoms with E-state index in [1.54, 1.807) is 0 Å². The first-order valence-electron chi connectivity index (χ1n) is 3.15. The number of aromatic nitrogens is 2. The van der Waals surface area contributed by atoms with Gasteiger partial charge in [0, 0.05) is 12.3 Å². The van der Waals surface area contributed by atoms with Crippen LogP contribution in [0.15, 0.2) is 23.3 Å². The third kappa shape index (κ3) is 0.855. The maximum Gasteiger partial charge on any atom is 0.266 e. The van der Waals surface area contributed by atoms with Gasteiger partial charge in [0.05, 0.1) is 10.3 Å². The molecule has 0 saturated carbocycles. The zero-order valence-electron chi connectivity index (χ0n) is 6.36. The van der Waals surface area contributed by atoms with E-state index in [0.717, 1.165) is 0 Å². The van der Waals surface area contributed by atoms with Crippen molar-refractivity contribution in [1.82, 2.24) is 9.97 Å². The van der Waals surface area contributed by atoms with Crippen molar-refractivity contribution in [3.8, 4) is 0 Å². The second-order valence-corrected chi connectivity index (χ2v) is 0.915. The highest BCUT2D eigenvalue weighted by Crippen LogP contribution is 1.57. The predicted octanol–water partition coefficient (Wildman–Crippen LogP) is -0.230. The Balaban J connectivity index is 3.43. The molecule has 1 heterocycles. The Morgan fingerprint density at radius 2 is 2.86 bits per heavy atom. The normalized spacial score (nSPS) is 14.6. The summed E-state index contributed by atoms with van der Waals surface area (Å²) in [5.41, 5.74) is -0.735. The van der Waals surface area contributed by atoms with Gasteiger partial charge in [0.15, 0.2) is 0 Å². The number of nitrogens with one attached hydrogen (secondary N) is 1. The van der Waals surface area contributed by atoms with Crippen LogP contribution in [-0.2, 0) is 0 Å². The molecule has 0 radical (unpaired) electrons. The zero-order valence-corrected chi connectivity index (χ0v) is 3.36. The summed E-state index contributed by atoms with van der Waals surface area (Å²) >= 11 is 0. The first-order chi connectivity index (χ1) is 4.61. The van der Waals surface area contributed by atoms with Crippen molar-refractivity contribution in [3.05, 3.63) is 28.9 Å². The van der Waals surface area contributed by atoms with Crippen LogP contribution >= 0.6 is 0 Å². The number of aromatic amines is 1. The van der Waals surface area contributed by atoms with Gasteiger partial charge in [-0.25, -0.2) is 0 Å². The van der Waals surface area contributed by atoms with Crippen LogP contribution in [0.3, 0.4) is 0 Å². The molecule has 0 saturated heterocycles. The summed E-state index contributed by atoms with van der Waals surface area (Å²) < 4.78 is 20.5. The Morgan fingerprint density at radius 1 is 2.00 bits per heavy atom. The summed E-state index contributed by atoms with van der Waals surface area (Å²) in [4.78, 5) is 15.6. The minimum atomic E-state index is -0.735. The molecule has 3 heteroatoms. The molecule has 0 atom stereocenters. The molecule has 0 amide bonds. The Bertz CT molecular complexity index is 308. The molecule has 1 aromatic rings. The molecule has 7 heavy (non-hydrogen) atoms. The molecule has 0 fully saturated rings. The summed E-state index contributed by atoms with van der Waals surface area (Å²) in [5, 5.41) is 0. The van der Waals surface area contributed by atoms with Crippen LogP contribution in [0.1, 0.15) is 4.11 Å². The Labute approximate surface area is 44.2 Å². The van der Waals surface area contributed by atoms with E-state index >= 15 is 0 Å². The molecule has 0 aliphatic rings. The maximum atomic E-state index is 10.5. The average molecular weight is 99.1 g/mol. The third-order valence-electron chi connectivity index (χ3n) is 0.445. The lowest BCUT2D eigenvalue weighted by Gasteiger charge is -1.73. The van der Waals surface area contributed by atoms with Crippen molar-refractivity contribution in [2.45, 2.75) is 0 Å². The van der Waals surface area contributed by atoms with Crippen molar-refractivity contribution in [1.29, 1.82) is 0 Å². The predicted molar refractivity (Wildman–Crippen MR) is 24.9 cm³/mol. The van der Waals surface area contributed by atoms with Crippen LogP contribution in [0, 0.1) is 0 Å². The number of hydrogen-bond donors (Lipinski definition) is 1. The fraction of sp³-hybridized carbons (Fsp3) is 0. The van der Waals surface area contributed by atoms with Crippen LogP contribution in [0.5, 0.6) is 0 Å². The second-order valence-electron chi connectivity index (χ2n) is 0.915. The standard InChI is InChI=1S/C4H4N2O/c7-4-3-5-1-2-6-4/h1-3H,(H,6,7)/i1D,2D,3D. The van der Waals surface area contributed by atoms with E-state index in [9.17, 15) is 4.79 Å². The summed E-state index contributed by atoms with van der Waals surface area (Å²) in [5.74, 6) is 0. The van der Waals surface area contributed by atoms with Crippen molar-refractivity contribution < 1.29 is 4.11 Å². The molecule has 0 bridgehead atoms. The summed E-state index contributed by atoms with van der Waals surface area (Å²) in [7, 11) is 0. The van der Waals surface area contributed by atoms with Gasteiger partial charge in [-0.1, -0.05) is 0 Å². The van der Waals surface area contributed by atoms with Gasteiger partial charge in [0.1, 0.15) is 0 Å². The Morgan fingerprint density at radius 3 is 3.57 bits per heavy atom. The molecular formula is C4H4N2O. The highest BCUT2D eigenvalue weighted by molar-refractivity contribution is 4.73. The fourth-order valence-corrected chi connectivity index (χ4v) is 0.219. The van der Waals surface area contributed by atoms with E-state index in [-0.39, 0.29) is 12.3 Å². The van der Waals surface area contributed by atoms with Gasteiger partial charge in [-0.05, 0) is 0 Å². The van der Waals surface area contributed by atoms with Gasteiger partial charge in [-0.15, -0.1) is 0 Å². The molecule has 1 N–H and O–H groups in total. The van der Waals surface area contributed by atoms with Gasteiger partial charge >= 0.3 is 0 Å². The van der Waals surface area contributed by atoms with Crippen LogP contribution in [0.2, 0.25) is 0 Å². The molecule has 36 valence electrons. The average Bonchev–Trinajstić information content (AvgIpc) is 1.84. The molecule has 1 rings (SSSR count). The van der Waals surface area contributed by atoms with Gasteiger partial charge in [0.2, 0.25) is 0 Å². The van der Waals surface area contributed by atoms with E-state index in [0.29, 0.717) is 0 Å². The summed E-state index contributed by atoms with van der Waals surface area (Å²) in [6, 6.07) is 0. The molecule has 0 spiro atoms. The van der Waals surface area contributed by atoms with E-state index in [1.165, 1.54) is 0 Å². The maximum absolute atomic E-state index is 10.5. The lowest BCUT2D eigenvalue weighted by Crippen LogP contribution is -2.01. The summed E-state index contributed by atoms with van der Waals surface area (Å²) in [6.45, 7) is 0. The molecule has 3 nitrogen and oxygen atoms in total. The van der Waals surface area contributed by atoms with E-state index in [2.05, 4.69) is 4.98 Å². The largest absolute Gasteiger partial charge is 0.326 e. The lowest BCUT2D eigenvalue weighted by molar-refractivity contribution is 1.14. The SMILES string of the molecule is [2H]c1nc([2H])c(=O)[nH]c1[2H]. The number of H-pyrrole nitrogens is 1. The van der Waals surface area contributed by atoms with Gasteiger partial charge in [-0.2, -0.15) is 0 Å². The molecule has 0 aliphatic heterocycles. The number of rotatable bonds is 0. The van der Waals surface area contributed by atoms with Crippen LogP contribution in [-0.4, -0.2) is 9.97 Å². The Hall–Kier alpha value is -1.12. The van der Waals surface area contributed by atoms with Gasteiger partial charge < -0.3 is 4.98 Å². The molecule has 0 aliphatic carbocycles. The van der Waals surface area contributed by atoms with Crippen LogP contribution < -0.4 is 5.56 Å². The lowest BCUT2D eigenvalue weighted by atomic mass is 10.8. The first-order valence-corrected chi connectivity index (χ1v) is 1.65. The third-order valence-corrected chi connectivity index (χ3v) is 0.445. The summed E-state index contributed by atoms with van der Waals surface area (Å²) in [6.07, 6.45) is -1.27. The Kier molecular flexibility index (Phi) is 0.394. The molecule has 1 aromatic heterocycles. The van der Waals surface area contributed by atoms with Crippen LogP contribution in [0.4, 0.5) is 0 Å². The highest BCUT2D eigenvalue weighted by atomic mass is 16.1. The molecular weight excluding hydrogens is 92.1 g/mol. The minimum absolute atomic E-state index is 0.360. The topological polar surface area (TPSA) is 45.8 Å². The van der Waals surface area contributed by atoms with Gasteiger partial charge in [-0.3, -0.25) is 9.78 Å².